The Balaban J connectivity index is 1.81. The quantitative estimate of drug-likeness (QED) is 0.519. The molecular formula is C18H16FN5O. The van der Waals surface area contributed by atoms with Crippen LogP contribution in [0.4, 0.5) is 21.7 Å². The summed E-state index contributed by atoms with van der Waals surface area (Å²) in [5, 5.41) is 13.6. The van der Waals surface area contributed by atoms with Gasteiger partial charge in [-0.3, -0.25) is 4.79 Å². The number of pyridine rings is 2. The van der Waals surface area contributed by atoms with E-state index < -0.39 is 0 Å². The number of rotatable bonds is 6. The van der Waals surface area contributed by atoms with Crippen LogP contribution in [0.3, 0.4) is 0 Å². The molecule has 0 spiro atoms. The number of nitrogens with zero attached hydrogens (tertiary/aromatic N) is 1. The maximum atomic E-state index is 13.7. The van der Waals surface area contributed by atoms with Crippen LogP contribution in [-0.2, 0) is 6.54 Å². The third kappa shape index (κ3) is 4.08. The number of nitrogens with one attached hydrogen (secondary N) is 4. The van der Waals surface area contributed by atoms with Crippen LogP contribution in [-0.4, -0.2) is 16.2 Å². The first kappa shape index (κ1) is 16.4. The first-order chi connectivity index (χ1) is 12.2. The summed E-state index contributed by atoms with van der Waals surface area (Å²) in [6, 6.07) is 13.0. The summed E-state index contributed by atoms with van der Waals surface area (Å²) in [6.07, 6.45) is 2.70. The highest BCUT2D eigenvalue weighted by Crippen LogP contribution is 2.20. The van der Waals surface area contributed by atoms with E-state index in [9.17, 15) is 9.18 Å². The molecule has 0 fully saturated rings. The van der Waals surface area contributed by atoms with E-state index in [-0.39, 0.29) is 17.9 Å². The van der Waals surface area contributed by atoms with Gasteiger partial charge >= 0.3 is 0 Å². The summed E-state index contributed by atoms with van der Waals surface area (Å²) >= 11 is 0. The lowest BCUT2D eigenvalue weighted by Crippen LogP contribution is -2.08. The molecule has 0 aliphatic rings. The number of H-pyrrole nitrogens is 1. The zero-order valence-electron chi connectivity index (χ0n) is 13.2. The number of aromatic nitrogens is 2. The fraction of sp³-hybridized carbons (Fsp3) is 0.0556. The predicted octanol–water partition coefficient (Wildman–Crippen LogP) is 3.26. The molecule has 0 aliphatic heterocycles. The van der Waals surface area contributed by atoms with Gasteiger partial charge in [0.25, 0.3) is 0 Å². The second-order valence-electron chi connectivity index (χ2n) is 5.30. The lowest BCUT2D eigenvalue weighted by Gasteiger charge is -2.12. The van der Waals surface area contributed by atoms with Crippen molar-refractivity contribution in [1.82, 2.24) is 9.97 Å². The first-order valence-corrected chi connectivity index (χ1v) is 7.60. The van der Waals surface area contributed by atoms with Crippen LogP contribution in [0.1, 0.15) is 11.1 Å². The molecule has 0 aliphatic carbocycles. The Morgan fingerprint density at radius 1 is 1.20 bits per heavy atom. The average Bonchev–Trinajstić information content (AvgIpc) is 2.61. The molecule has 7 heteroatoms. The van der Waals surface area contributed by atoms with Gasteiger partial charge in [0.1, 0.15) is 17.5 Å². The SMILES string of the molecule is N=Cc1cnc(Nc2cccc(=O)[nH]2)cc1NCc1ccccc1F. The van der Waals surface area contributed by atoms with Crippen molar-refractivity contribution in [1.29, 1.82) is 5.41 Å². The molecule has 25 heavy (non-hydrogen) atoms. The van der Waals surface area contributed by atoms with Crippen molar-refractivity contribution in [3.05, 3.63) is 82.0 Å². The Morgan fingerprint density at radius 3 is 2.80 bits per heavy atom. The lowest BCUT2D eigenvalue weighted by molar-refractivity contribution is 0.613. The van der Waals surface area contributed by atoms with Gasteiger partial charge in [0.05, 0.1) is 0 Å². The van der Waals surface area contributed by atoms with Gasteiger partial charge in [0.2, 0.25) is 5.56 Å². The molecule has 0 bridgehead atoms. The summed E-state index contributed by atoms with van der Waals surface area (Å²) in [4.78, 5) is 18.2. The van der Waals surface area contributed by atoms with E-state index in [0.717, 1.165) is 0 Å². The van der Waals surface area contributed by atoms with E-state index in [0.29, 0.717) is 28.5 Å². The molecule has 2 heterocycles. The van der Waals surface area contributed by atoms with Crippen molar-refractivity contribution < 1.29 is 4.39 Å². The second-order valence-corrected chi connectivity index (χ2v) is 5.30. The van der Waals surface area contributed by atoms with Gasteiger partial charge in [-0.25, -0.2) is 9.37 Å². The summed E-state index contributed by atoms with van der Waals surface area (Å²) in [7, 11) is 0. The van der Waals surface area contributed by atoms with Gasteiger partial charge in [-0.1, -0.05) is 24.3 Å². The third-order valence-corrected chi connectivity index (χ3v) is 3.55. The highest BCUT2D eigenvalue weighted by Gasteiger charge is 2.06. The van der Waals surface area contributed by atoms with Crippen molar-refractivity contribution in [2.75, 3.05) is 10.6 Å². The van der Waals surface area contributed by atoms with Crippen LogP contribution in [0.5, 0.6) is 0 Å². The van der Waals surface area contributed by atoms with Gasteiger partial charge in [-0.05, 0) is 12.1 Å². The predicted molar refractivity (Wildman–Crippen MR) is 96.2 cm³/mol. The van der Waals surface area contributed by atoms with E-state index in [1.165, 1.54) is 24.5 Å². The van der Waals surface area contributed by atoms with Gasteiger partial charge in [0.15, 0.2) is 0 Å². The van der Waals surface area contributed by atoms with Crippen molar-refractivity contribution in [2.24, 2.45) is 0 Å². The van der Waals surface area contributed by atoms with Crippen molar-refractivity contribution in [2.45, 2.75) is 6.54 Å². The van der Waals surface area contributed by atoms with Crippen LogP contribution in [0.2, 0.25) is 0 Å². The molecule has 0 radical (unpaired) electrons. The molecule has 0 saturated carbocycles. The minimum absolute atomic E-state index is 0.223. The molecule has 3 aromatic rings. The van der Waals surface area contributed by atoms with E-state index in [2.05, 4.69) is 20.6 Å². The Labute approximate surface area is 143 Å². The minimum atomic E-state index is -0.291. The van der Waals surface area contributed by atoms with Gasteiger partial charge in [0, 0.05) is 47.9 Å². The highest BCUT2D eigenvalue weighted by molar-refractivity contribution is 5.86. The monoisotopic (exact) mass is 337 g/mol. The number of halogens is 1. The third-order valence-electron chi connectivity index (χ3n) is 3.55. The second kappa shape index (κ2) is 7.39. The van der Waals surface area contributed by atoms with Crippen molar-refractivity contribution in [3.8, 4) is 0 Å². The number of aromatic amines is 1. The first-order valence-electron chi connectivity index (χ1n) is 7.60. The van der Waals surface area contributed by atoms with Crippen LogP contribution in [0.25, 0.3) is 0 Å². The molecule has 1 aromatic carbocycles. The molecule has 2 aromatic heterocycles. The summed E-state index contributed by atoms with van der Waals surface area (Å²) in [5.74, 6) is 0.701. The Bertz CT molecular complexity index is 954. The molecule has 0 saturated heterocycles. The normalized spacial score (nSPS) is 10.3. The Hall–Kier alpha value is -3.48. The lowest BCUT2D eigenvalue weighted by atomic mass is 10.2. The zero-order valence-corrected chi connectivity index (χ0v) is 13.2. The molecule has 0 amide bonds. The number of hydrogen-bond acceptors (Lipinski definition) is 5. The Morgan fingerprint density at radius 2 is 2.04 bits per heavy atom. The Kier molecular flexibility index (Phi) is 4.84. The van der Waals surface area contributed by atoms with Crippen LogP contribution in [0, 0.1) is 11.2 Å². The maximum Gasteiger partial charge on any atom is 0.249 e. The maximum absolute atomic E-state index is 13.7. The molecular weight excluding hydrogens is 321 g/mol. The summed E-state index contributed by atoms with van der Waals surface area (Å²) in [5.41, 5.74) is 1.51. The van der Waals surface area contributed by atoms with E-state index in [4.69, 9.17) is 5.41 Å². The van der Waals surface area contributed by atoms with Crippen LogP contribution in [0.15, 0.2) is 59.5 Å². The van der Waals surface area contributed by atoms with Gasteiger partial charge in [-0.15, -0.1) is 0 Å². The topological polar surface area (TPSA) is 93.7 Å². The van der Waals surface area contributed by atoms with Crippen LogP contribution < -0.4 is 16.2 Å². The molecule has 4 N–H and O–H groups in total. The molecule has 6 nitrogen and oxygen atoms in total. The van der Waals surface area contributed by atoms with E-state index in [1.807, 2.05) is 0 Å². The highest BCUT2D eigenvalue weighted by atomic mass is 19.1. The molecule has 3 rings (SSSR count). The molecule has 0 atom stereocenters. The van der Waals surface area contributed by atoms with Crippen molar-refractivity contribution in [3.63, 3.8) is 0 Å². The van der Waals surface area contributed by atoms with Crippen LogP contribution >= 0.6 is 0 Å². The minimum Gasteiger partial charge on any atom is -0.380 e. The fourth-order valence-electron chi connectivity index (χ4n) is 2.29. The summed E-state index contributed by atoms with van der Waals surface area (Å²) < 4.78 is 13.7. The smallest absolute Gasteiger partial charge is 0.249 e. The standard InChI is InChI=1S/C18H16FN5O/c19-14-5-2-1-4-12(14)10-21-15-8-17(22-11-13(15)9-20)23-16-6-3-7-18(25)24-16/h1-9,11,20H,10H2,(H3,21,22,23,24,25). The zero-order chi connectivity index (χ0) is 17.6. The molecule has 0 unspecified atom stereocenters. The number of benzene rings is 1. The largest absolute Gasteiger partial charge is 0.380 e. The summed E-state index contributed by atoms with van der Waals surface area (Å²) in [6.45, 7) is 0.277. The van der Waals surface area contributed by atoms with Gasteiger partial charge in [-0.2, -0.15) is 0 Å². The fourth-order valence-corrected chi connectivity index (χ4v) is 2.29. The number of hydrogen-bond donors (Lipinski definition) is 4. The molecule has 126 valence electrons. The number of anilines is 3. The van der Waals surface area contributed by atoms with E-state index in [1.54, 1.807) is 36.4 Å². The van der Waals surface area contributed by atoms with Crippen molar-refractivity contribution >= 4 is 23.5 Å². The average molecular weight is 337 g/mol. The van der Waals surface area contributed by atoms with Gasteiger partial charge < -0.3 is 21.0 Å². The van der Waals surface area contributed by atoms with E-state index >= 15 is 0 Å².